The summed E-state index contributed by atoms with van der Waals surface area (Å²) in [6.45, 7) is 9.70. The van der Waals surface area contributed by atoms with Gasteiger partial charge in [0, 0.05) is 30.8 Å². The molecule has 5 N–H and O–H groups in total. The van der Waals surface area contributed by atoms with Crippen LogP contribution in [0.5, 0.6) is 23.0 Å². The zero-order valence-corrected chi connectivity index (χ0v) is 42.2. The van der Waals surface area contributed by atoms with Crippen molar-refractivity contribution in [1.82, 2.24) is 49.7 Å². The standard InChI is InChI=1S/C25H24N6O2.C22H22N6O.C3H3ClO.CH2O3.Na/c1-2-21(32)30-14-6-7-18(15-30)31-25-22(24(26)27-16-28-25)23(29-31)17-10-12-20(13-11-17)33-19-8-4-3-5-9-19;23-21-19-20(15-8-10-18(11-9-15)29-17-6-2-1-3-7-17)27-28(22(19)26-14-25-21)16-5-4-12-24-13-16;1-2-3(4)5;2-1-4-3;/h2-5,8-13,16,18H,1,6-7,14-15H2,(H2,26,27,28);1-3,6-11,14,16,24H,4-5,12-13H2,(H2,23,25,26);2H,1H2;1,3H;/q;;;;+1/p-1/t18-;16-;;;/m11.../s1. The molecule has 0 aliphatic carbocycles. The molecule has 2 aliphatic heterocycles. The van der Waals surface area contributed by atoms with E-state index < -0.39 is 5.24 Å². The molecule has 0 unspecified atom stereocenters. The fraction of sp³-hybridized carbons (Fsp3) is 0.196. The van der Waals surface area contributed by atoms with Gasteiger partial charge in [0.25, 0.3) is 6.47 Å². The molecule has 21 heteroatoms. The van der Waals surface area contributed by atoms with E-state index in [2.05, 4.69) is 43.3 Å². The molecular formula is C51H50ClN12NaO7. The van der Waals surface area contributed by atoms with Gasteiger partial charge in [-0.05, 0) is 129 Å². The zero-order valence-electron chi connectivity index (χ0n) is 39.4. The number of fused-ring (bicyclic) bond motifs is 2. The number of rotatable bonds is 11. The molecule has 0 bridgehead atoms. The molecule has 364 valence electrons. The average Bonchev–Trinajstić information content (AvgIpc) is 4.02. The van der Waals surface area contributed by atoms with Gasteiger partial charge < -0.3 is 41.3 Å². The quantitative estimate of drug-likeness (QED) is 0.0406. The van der Waals surface area contributed by atoms with E-state index in [1.807, 2.05) is 119 Å². The number of piperidine rings is 2. The number of nitrogens with one attached hydrogen (secondary N) is 1. The number of ether oxygens (including phenoxy) is 2. The Morgan fingerprint density at radius 3 is 1.54 bits per heavy atom. The summed E-state index contributed by atoms with van der Waals surface area (Å²) < 4.78 is 15.7. The van der Waals surface area contributed by atoms with E-state index in [0.717, 1.165) is 95.7 Å². The number of halogens is 1. The summed E-state index contributed by atoms with van der Waals surface area (Å²) in [5.41, 5.74) is 17.3. The third-order valence-electron chi connectivity index (χ3n) is 11.3. The average molecular weight is 1000 g/mol. The second-order valence-electron chi connectivity index (χ2n) is 15.9. The molecule has 2 fully saturated rings. The van der Waals surface area contributed by atoms with Gasteiger partial charge >= 0.3 is 29.6 Å². The second kappa shape index (κ2) is 26.6. The normalized spacial score (nSPS) is 14.8. The van der Waals surface area contributed by atoms with Gasteiger partial charge in [-0.2, -0.15) is 10.2 Å². The number of anilines is 2. The Kier molecular flexibility index (Phi) is 19.9. The van der Waals surface area contributed by atoms with Crippen LogP contribution in [-0.2, 0) is 19.3 Å². The number of carbonyl (C=O) groups is 3. The number of para-hydroxylation sites is 2. The maximum Gasteiger partial charge on any atom is 1.00 e. The molecule has 0 radical (unpaired) electrons. The fourth-order valence-corrected chi connectivity index (χ4v) is 8.04. The fourth-order valence-electron chi connectivity index (χ4n) is 8.04. The minimum absolute atomic E-state index is 0. The monoisotopic (exact) mass is 1000 g/mol. The Morgan fingerprint density at radius 1 is 0.681 bits per heavy atom. The number of likely N-dealkylation sites (tertiary alicyclic amines) is 1. The summed E-state index contributed by atoms with van der Waals surface area (Å²) in [7, 11) is 0. The van der Waals surface area contributed by atoms with Crippen molar-refractivity contribution in [2.45, 2.75) is 37.8 Å². The summed E-state index contributed by atoms with van der Waals surface area (Å²) in [6, 6.07) is 35.2. The Bertz CT molecular complexity index is 3070. The third-order valence-corrected chi connectivity index (χ3v) is 11.4. The van der Waals surface area contributed by atoms with E-state index in [9.17, 15) is 9.59 Å². The number of carbonyl (C=O) groups excluding carboxylic acids is 3. The smallest absolute Gasteiger partial charge is 0.662 e. The van der Waals surface area contributed by atoms with Crippen LogP contribution in [0.1, 0.15) is 37.8 Å². The number of hydrogen-bond donors (Lipinski definition) is 3. The first-order chi connectivity index (χ1) is 34.6. The Labute approximate surface area is 441 Å². The van der Waals surface area contributed by atoms with E-state index in [4.69, 9.17) is 52.8 Å². The molecule has 0 spiro atoms. The first kappa shape index (κ1) is 53.8. The minimum atomic E-state index is -0.509. The predicted octanol–water partition coefficient (Wildman–Crippen LogP) is 4.39. The second-order valence-corrected chi connectivity index (χ2v) is 16.2. The van der Waals surface area contributed by atoms with Crippen LogP contribution in [0.2, 0.25) is 0 Å². The van der Waals surface area contributed by atoms with Crippen LogP contribution >= 0.6 is 11.6 Å². The molecule has 2 saturated heterocycles. The molecule has 1 amide bonds. The molecule has 19 nitrogen and oxygen atoms in total. The summed E-state index contributed by atoms with van der Waals surface area (Å²) in [5, 5.41) is 22.7. The van der Waals surface area contributed by atoms with E-state index in [0.29, 0.717) is 41.5 Å². The molecule has 72 heavy (non-hydrogen) atoms. The van der Waals surface area contributed by atoms with Crippen molar-refractivity contribution in [1.29, 1.82) is 0 Å². The number of nitrogens with zero attached hydrogens (tertiary/aromatic N) is 9. The van der Waals surface area contributed by atoms with E-state index in [1.165, 1.54) is 18.7 Å². The Balaban J connectivity index is 0.000000200. The van der Waals surface area contributed by atoms with Crippen LogP contribution in [0.25, 0.3) is 44.6 Å². The van der Waals surface area contributed by atoms with Gasteiger partial charge in [0.1, 0.15) is 58.7 Å². The summed E-state index contributed by atoms with van der Waals surface area (Å²) in [6.07, 6.45) is 9.32. The molecule has 0 saturated carbocycles. The topological polar surface area (TPSA) is 256 Å². The summed E-state index contributed by atoms with van der Waals surface area (Å²) in [4.78, 5) is 52.1. The van der Waals surface area contributed by atoms with Crippen LogP contribution in [-0.4, -0.2) is 88.2 Å². The van der Waals surface area contributed by atoms with Gasteiger partial charge in [-0.15, -0.1) is 0 Å². The van der Waals surface area contributed by atoms with Crippen molar-refractivity contribution in [2.24, 2.45) is 0 Å². The molecule has 4 aromatic heterocycles. The molecule has 10 rings (SSSR count). The number of aromatic nitrogens is 8. The minimum Gasteiger partial charge on any atom is -0.662 e. The maximum absolute atomic E-state index is 12.2. The van der Waals surface area contributed by atoms with E-state index in [1.54, 1.807) is 4.90 Å². The van der Waals surface area contributed by atoms with Crippen LogP contribution in [0, 0.1) is 0 Å². The largest absolute Gasteiger partial charge is 1.00 e. The van der Waals surface area contributed by atoms with E-state index >= 15 is 0 Å². The van der Waals surface area contributed by atoms with Crippen LogP contribution in [0.4, 0.5) is 11.6 Å². The number of nitrogens with two attached hydrogens (primary N) is 2. The van der Waals surface area contributed by atoms with Gasteiger partial charge in [0.15, 0.2) is 11.3 Å². The van der Waals surface area contributed by atoms with Crippen LogP contribution in [0.15, 0.2) is 147 Å². The zero-order chi connectivity index (χ0) is 50.1. The van der Waals surface area contributed by atoms with Crippen molar-refractivity contribution in [2.75, 3.05) is 37.6 Å². The van der Waals surface area contributed by atoms with Gasteiger partial charge in [-0.1, -0.05) is 49.6 Å². The third kappa shape index (κ3) is 13.7. The van der Waals surface area contributed by atoms with Crippen molar-refractivity contribution in [3.63, 3.8) is 0 Å². The molecule has 6 heterocycles. The number of amides is 1. The summed E-state index contributed by atoms with van der Waals surface area (Å²) >= 11 is 4.71. The first-order valence-corrected chi connectivity index (χ1v) is 22.8. The number of hydrogen-bond acceptors (Lipinski definition) is 16. The molecule has 8 aromatic rings. The molecular weight excluding hydrogens is 951 g/mol. The van der Waals surface area contributed by atoms with E-state index in [-0.39, 0.29) is 54.0 Å². The Hall–Kier alpha value is -7.52. The van der Waals surface area contributed by atoms with Crippen molar-refractivity contribution in [3.05, 3.63) is 147 Å². The SMILES string of the molecule is C=CC(=O)Cl.C=CC(=O)N1CCC[C@@H](n2nc(-c3ccc(Oc4ccccc4)cc3)c3c(N)ncnc32)C1.Nc1ncnc2c1c(-c1ccc(Oc3ccccc3)cc1)nn2[C@@H]1CCCNC1.O=CO[O-].[Na+]. The van der Waals surface area contributed by atoms with Crippen LogP contribution in [0.3, 0.4) is 0 Å². The molecule has 2 aliphatic rings. The van der Waals surface area contributed by atoms with Crippen molar-refractivity contribution < 1.29 is 63.6 Å². The van der Waals surface area contributed by atoms with Crippen molar-refractivity contribution in [3.8, 4) is 45.5 Å². The van der Waals surface area contributed by atoms with Crippen molar-refractivity contribution >= 4 is 62.9 Å². The van der Waals surface area contributed by atoms with Gasteiger partial charge in [0.05, 0.1) is 22.9 Å². The first-order valence-electron chi connectivity index (χ1n) is 22.4. The van der Waals surface area contributed by atoms with Gasteiger partial charge in [0.2, 0.25) is 11.1 Å². The number of benzene rings is 4. The predicted molar refractivity (Wildman–Crippen MR) is 268 cm³/mol. The Morgan fingerprint density at radius 2 is 1.12 bits per heavy atom. The number of nitrogen functional groups attached to an aromatic ring is 2. The summed E-state index contributed by atoms with van der Waals surface area (Å²) in [5.74, 6) is 3.82. The molecule has 2 atom stereocenters. The van der Waals surface area contributed by atoms with Crippen LogP contribution < -0.4 is 61.1 Å². The molecule has 4 aromatic carbocycles. The maximum atomic E-state index is 12.2. The van der Waals surface area contributed by atoms with Gasteiger partial charge in [-0.3, -0.25) is 14.4 Å². The number of allylic oxidation sites excluding steroid dienone is 1. The van der Waals surface area contributed by atoms with Gasteiger partial charge in [-0.25, -0.2) is 29.3 Å².